The molecule has 1 heterocycles. The van der Waals surface area contributed by atoms with Gasteiger partial charge in [-0.3, -0.25) is 4.99 Å². The first-order chi connectivity index (χ1) is 7.88. The van der Waals surface area contributed by atoms with Gasteiger partial charge in [-0.1, -0.05) is 23.9 Å². The normalized spacial score (nSPS) is 15.2. The number of thioether (sulfide) groups is 1. The average Bonchev–Trinajstić information content (AvgIpc) is 2.38. The molecule has 2 rings (SSSR count). The first kappa shape index (κ1) is 11.3. The Balaban J connectivity index is 1.91. The van der Waals surface area contributed by atoms with Gasteiger partial charge in [-0.05, 0) is 24.1 Å². The lowest BCUT2D eigenvalue weighted by Gasteiger charge is -2.13. The third-order valence-electron chi connectivity index (χ3n) is 2.38. The number of nitrogens with one attached hydrogen (secondary N) is 1. The Bertz CT molecular complexity index is 379. The van der Waals surface area contributed by atoms with Gasteiger partial charge in [0.1, 0.15) is 5.75 Å². The van der Waals surface area contributed by atoms with Crippen LogP contribution in [0.3, 0.4) is 0 Å². The van der Waals surface area contributed by atoms with E-state index in [1.807, 2.05) is 12.1 Å². The summed E-state index contributed by atoms with van der Waals surface area (Å²) in [6.45, 7) is 2.00. The van der Waals surface area contributed by atoms with Crippen LogP contribution in [0.5, 0.6) is 5.75 Å². The van der Waals surface area contributed by atoms with E-state index >= 15 is 0 Å². The smallest absolute Gasteiger partial charge is 0.156 e. The topological polar surface area (TPSA) is 33.6 Å². The summed E-state index contributed by atoms with van der Waals surface area (Å²) in [5.41, 5.74) is 1.26. The van der Waals surface area contributed by atoms with Crippen molar-refractivity contribution in [2.24, 2.45) is 4.99 Å². The molecule has 16 heavy (non-hydrogen) atoms. The zero-order valence-electron chi connectivity index (χ0n) is 9.40. The standard InChI is InChI=1S/C12H16N2OS/c1-15-11-5-2-4-10(8-11)9-16-12-13-6-3-7-14-12/h2,4-5,8H,3,6-7,9H2,1H3,(H,13,14). The quantitative estimate of drug-likeness (QED) is 0.874. The number of hydrogen-bond donors (Lipinski definition) is 1. The highest BCUT2D eigenvalue weighted by atomic mass is 32.2. The zero-order chi connectivity index (χ0) is 11.2. The van der Waals surface area contributed by atoms with E-state index in [9.17, 15) is 0 Å². The second-order valence-corrected chi connectivity index (χ2v) is 4.57. The van der Waals surface area contributed by atoms with E-state index in [2.05, 4.69) is 22.4 Å². The van der Waals surface area contributed by atoms with Gasteiger partial charge < -0.3 is 10.1 Å². The second kappa shape index (κ2) is 5.80. The van der Waals surface area contributed by atoms with Crippen LogP contribution in [-0.2, 0) is 5.75 Å². The van der Waals surface area contributed by atoms with Crippen LogP contribution in [0.25, 0.3) is 0 Å². The van der Waals surface area contributed by atoms with Crippen molar-refractivity contribution in [2.75, 3.05) is 20.2 Å². The van der Waals surface area contributed by atoms with Gasteiger partial charge in [0, 0.05) is 18.8 Å². The number of amidine groups is 1. The summed E-state index contributed by atoms with van der Waals surface area (Å²) >= 11 is 1.75. The fraction of sp³-hybridized carbons (Fsp3) is 0.417. The van der Waals surface area contributed by atoms with Gasteiger partial charge in [0.2, 0.25) is 0 Å². The minimum Gasteiger partial charge on any atom is -0.497 e. The highest BCUT2D eigenvalue weighted by Crippen LogP contribution is 2.18. The molecule has 0 atom stereocenters. The van der Waals surface area contributed by atoms with Gasteiger partial charge in [0.05, 0.1) is 7.11 Å². The molecule has 3 nitrogen and oxygen atoms in total. The zero-order valence-corrected chi connectivity index (χ0v) is 10.2. The van der Waals surface area contributed by atoms with E-state index in [4.69, 9.17) is 4.74 Å². The number of nitrogens with zero attached hydrogens (tertiary/aromatic N) is 1. The summed E-state index contributed by atoms with van der Waals surface area (Å²) in [6, 6.07) is 8.16. The third-order valence-corrected chi connectivity index (χ3v) is 3.40. The number of aliphatic imine (C=N–C) groups is 1. The Kier molecular flexibility index (Phi) is 4.10. The van der Waals surface area contributed by atoms with Crippen LogP contribution in [0.15, 0.2) is 29.3 Å². The largest absolute Gasteiger partial charge is 0.497 e. The SMILES string of the molecule is COc1cccc(CSC2=NCCCN2)c1. The van der Waals surface area contributed by atoms with Crippen LogP contribution in [-0.4, -0.2) is 25.4 Å². The number of methoxy groups -OCH3 is 1. The fourth-order valence-electron chi connectivity index (χ4n) is 1.52. The summed E-state index contributed by atoms with van der Waals surface area (Å²) < 4.78 is 5.19. The van der Waals surface area contributed by atoms with E-state index < -0.39 is 0 Å². The fourth-order valence-corrected chi connectivity index (χ4v) is 2.39. The molecule has 1 aliphatic rings. The molecule has 0 fully saturated rings. The van der Waals surface area contributed by atoms with Crippen molar-refractivity contribution in [3.8, 4) is 5.75 Å². The molecule has 86 valence electrons. The molecule has 0 amide bonds. The van der Waals surface area contributed by atoms with Crippen LogP contribution in [0.4, 0.5) is 0 Å². The molecule has 0 aliphatic carbocycles. The molecule has 1 aromatic carbocycles. The Labute approximate surface area is 100 Å². The highest BCUT2D eigenvalue weighted by Gasteiger charge is 2.05. The molecule has 0 radical (unpaired) electrons. The van der Waals surface area contributed by atoms with Gasteiger partial charge in [-0.2, -0.15) is 0 Å². The van der Waals surface area contributed by atoms with Crippen molar-refractivity contribution >= 4 is 16.9 Å². The van der Waals surface area contributed by atoms with Crippen molar-refractivity contribution in [2.45, 2.75) is 12.2 Å². The predicted molar refractivity (Wildman–Crippen MR) is 69.2 cm³/mol. The monoisotopic (exact) mass is 236 g/mol. The first-order valence-electron chi connectivity index (χ1n) is 5.42. The number of rotatable bonds is 3. The number of hydrogen-bond acceptors (Lipinski definition) is 4. The Morgan fingerprint density at radius 3 is 3.19 bits per heavy atom. The van der Waals surface area contributed by atoms with Crippen molar-refractivity contribution < 1.29 is 4.74 Å². The number of benzene rings is 1. The molecule has 0 spiro atoms. The van der Waals surface area contributed by atoms with E-state index in [0.29, 0.717) is 0 Å². The van der Waals surface area contributed by atoms with Crippen molar-refractivity contribution in [1.29, 1.82) is 0 Å². The molecule has 0 aromatic heterocycles. The van der Waals surface area contributed by atoms with Crippen LogP contribution in [0, 0.1) is 0 Å². The van der Waals surface area contributed by atoms with Gasteiger partial charge in [-0.25, -0.2) is 0 Å². The lowest BCUT2D eigenvalue weighted by atomic mass is 10.2. The van der Waals surface area contributed by atoms with Crippen LogP contribution >= 0.6 is 11.8 Å². The molecule has 0 bridgehead atoms. The molecular weight excluding hydrogens is 220 g/mol. The summed E-state index contributed by atoms with van der Waals surface area (Å²) in [7, 11) is 1.69. The molecule has 0 saturated carbocycles. The van der Waals surface area contributed by atoms with Gasteiger partial charge in [-0.15, -0.1) is 0 Å². The van der Waals surface area contributed by atoms with Gasteiger partial charge in [0.25, 0.3) is 0 Å². The maximum absolute atomic E-state index is 5.19. The summed E-state index contributed by atoms with van der Waals surface area (Å²) in [6.07, 6.45) is 1.14. The van der Waals surface area contributed by atoms with Crippen molar-refractivity contribution in [3.63, 3.8) is 0 Å². The first-order valence-corrected chi connectivity index (χ1v) is 6.41. The molecule has 1 aromatic rings. The van der Waals surface area contributed by atoms with Crippen LogP contribution < -0.4 is 10.1 Å². The van der Waals surface area contributed by atoms with E-state index in [-0.39, 0.29) is 0 Å². The van der Waals surface area contributed by atoms with E-state index in [1.54, 1.807) is 18.9 Å². The second-order valence-electron chi connectivity index (χ2n) is 3.61. The summed E-state index contributed by atoms with van der Waals surface area (Å²) in [5, 5.41) is 4.36. The van der Waals surface area contributed by atoms with Crippen LogP contribution in [0.2, 0.25) is 0 Å². The minimum absolute atomic E-state index is 0.914. The molecule has 1 aliphatic heterocycles. The third kappa shape index (κ3) is 3.17. The molecule has 0 saturated heterocycles. The molecule has 4 heteroatoms. The Morgan fingerprint density at radius 2 is 2.44 bits per heavy atom. The van der Waals surface area contributed by atoms with Gasteiger partial charge in [0.15, 0.2) is 5.17 Å². The highest BCUT2D eigenvalue weighted by molar-refractivity contribution is 8.13. The number of ether oxygens (including phenoxy) is 1. The van der Waals surface area contributed by atoms with E-state index in [0.717, 1.165) is 36.2 Å². The van der Waals surface area contributed by atoms with Crippen LogP contribution in [0.1, 0.15) is 12.0 Å². The predicted octanol–water partition coefficient (Wildman–Crippen LogP) is 2.28. The van der Waals surface area contributed by atoms with E-state index in [1.165, 1.54) is 5.56 Å². The molecule has 1 N–H and O–H groups in total. The van der Waals surface area contributed by atoms with Crippen molar-refractivity contribution in [1.82, 2.24) is 5.32 Å². The maximum Gasteiger partial charge on any atom is 0.156 e. The van der Waals surface area contributed by atoms with Gasteiger partial charge >= 0.3 is 0 Å². The lowest BCUT2D eigenvalue weighted by Crippen LogP contribution is -2.26. The molecule has 0 unspecified atom stereocenters. The Hall–Kier alpha value is -1.16. The maximum atomic E-state index is 5.19. The average molecular weight is 236 g/mol. The minimum atomic E-state index is 0.914. The Morgan fingerprint density at radius 1 is 1.50 bits per heavy atom. The van der Waals surface area contributed by atoms with Crippen molar-refractivity contribution in [3.05, 3.63) is 29.8 Å². The molecular formula is C12H16N2OS. The lowest BCUT2D eigenvalue weighted by molar-refractivity contribution is 0.414. The summed E-state index contributed by atoms with van der Waals surface area (Å²) in [5.74, 6) is 1.85. The summed E-state index contributed by atoms with van der Waals surface area (Å²) in [4.78, 5) is 4.42.